The Labute approximate surface area is 111 Å². The van der Waals surface area contributed by atoms with Gasteiger partial charge in [-0.2, -0.15) is 0 Å². The largest absolute Gasteiger partial charge is 0.382 e. The molecule has 0 radical (unpaired) electrons. The summed E-state index contributed by atoms with van der Waals surface area (Å²) in [4.78, 5) is 9.77. The Morgan fingerprint density at radius 1 is 1.28 bits per heavy atom. The summed E-state index contributed by atoms with van der Waals surface area (Å²) in [6.45, 7) is 1.87. The maximum absolute atomic E-state index is 5.68. The van der Waals surface area contributed by atoms with Crippen LogP contribution in [-0.2, 0) is 0 Å². The van der Waals surface area contributed by atoms with E-state index in [9.17, 15) is 0 Å². The second kappa shape index (κ2) is 5.37. The lowest BCUT2D eigenvalue weighted by atomic mass is 10.1. The number of nitrogens with zero attached hydrogens (tertiary/aromatic N) is 3. The zero-order valence-electron chi connectivity index (χ0n) is 10.7. The molecule has 0 aliphatic rings. The van der Waals surface area contributed by atoms with Crippen LogP contribution in [0.3, 0.4) is 0 Å². The SMILES string of the molecule is Cc1nc(-c2cccc(SN(C)C)c2)cnc1N. The number of aromatic nitrogens is 2. The zero-order chi connectivity index (χ0) is 13.1. The summed E-state index contributed by atoms with van der Waals surface area (Å²) < 4.78 is 2.05. The van der Waals surface area contributed by atoms with E-state index in [1.54, 1.807) is 18.1 Å². The fourth-order valence-corrected chi connectivity index (χ4v) is 2.29. The third-order valence-corrected chi connectivity index (χ3v) is 3.23. The molecule has 1 heterocycles. The van der Waals surface area contributed by atoms with Crippen LogP contribution in [0.25, 0.3) is 11.3 Å². The van der Waals surface area contributed by atoms with Crippen molar-refractivity contribution in [3.8, 4) is 11.3 Å². The van der Waals surface area contributed by atoms with E-state index in [0.717, 1.165) is 17.0 Å². The Hall–Kier alpha value is -1.59. The van der Waals surface area contributed by atoms with Crippen LogP contribution in [0.1, 0.15) is 5.69 Å². The maximum Gasteiger partial charge on any atom is 0.144 e. The van der Waals surface area contributed by atoms with E-state index in [0.29, 0.717) is 5.82 Å². The number of aryl methyl sites for hydroxylation is 1. The van der Waals surface area contributed by atoms with E-state index in [1.165, 1.54) is 4.90 Å². The summed E-state index contributed by atoms with van der Waals surface area (Å²) in [5.74, 6) is 0.484. The van der Waals surface area contributed by atoms with Crippen LogP contribution in [0.2, 0.25) is 0 Å². The third-order valence-electron chi connectivity index (χ3n) is 2.40. The smallest absolute Gasteiger partial charge is 0.144 e. The van der Waals surface area contributed by atoms with Gasteiger partial charge in [0, 0.05) is 10.5 Å². The Kier molecular flexibility index (Phi) is 3.84. The number of benzene rings is 1. The van der Waals surface area contributed by atoms with Gasteiger partial charge in [-0.15, -0.1) is 0 Å². The normalized spacial score (nSPS) is 10.9. The highest BCUT2D eigenvalue weighted by Crippen LogP contribution is 2.25. The first kappa shape index (κ1) is 12.9. The van der Waals surface area contributed by atoms with Gasteiger partial charge in [-0.1, -0.05) is 12.1 Å². The van der Waals surface area contributed by atoms with Crippen LogP contribution < -0.4 is 5.73 Å². The molecule has 0 saturated heterocycles. The molecule has 2 rings (SSSR count). The molecule has 0 bridgehead atoms. The zero-order valence-corrected chi connectivity index (χ0v) is 11.5. The van der Waals surface area contributed by atoms with E-state index in [2.05, 4.69) is 26.4 Å². The van der Waals surface area contributed by atoms with Gasteiger partial charge in [0.1, 0.15) is 5.82 Å². The molecule has 18 heavy (non-hydrogen) atoms. The Balaban J connectivity index is 2.35. The van der Waals surface area contributed by atoms with E-state index >= 15 is 0 Å². The van der Waals surface area contributed by atoms with Crippen LogP contribution in [0.4, 0.5) is 5.82 Å². The van der Waals surface area contributed by atoms with Crippen molar-refractivity contribution in [3.05, 3.63) is 36.2 Å². The highest BCUT2D eigenvalue weighted by molar-refractivity contribution is 7.97. The topological polar surface area (TPSA) is 55.0 Å². The first-order valence-electron chi connectivity index (χ1n) is 5.61. The highest BCUT2D eigenvalue weighted by atomic mass is 32.2. The average Bonchev–Trinajstić information content (AvgIpc) is 2.32. The summed E-state index contributed by atoms with van der Waals surface area (Å²) >= 11 is 1.68. The number of hydrogen-bond acceptors (Lipinski definition) is 5. The molecule has 0 atom stereocenters. The molecule has 0 aliphatic heterocycles. The lowest BCUT2D eigenvalue weighted by molar-refractivity contribution is 0.703. The van der Waals surface area contributed by atoms with E-state index < -0.39 is 0 Å². The van der Waals surface area contributed by atoms with Crippen LogP contribution in [0, 0.1) is 6.92 Å². The van der Waals surface area contributed by atoms with Gasteiger partial charge < -0.3 is 5.73 Å². The molecular weight excluding hydrogens is 244 g/mol. The average molecular weight is 260 g/mol. The summed E-state index contributed by atoms with van der Waals surface area (Å²) in [7, 11) is 4.04. The first-order valence-corrected chi connectivity index (χ1v) is 6.38. The lowest BCUT2D eigenvalue weighted by Crippen LogP contribution is -1.99. The van der Waals surface area contributed by atoms with Crippen molar-refractivity contribution in [1.82, 2.24) is 14.3 Å². The van der Waals surface area contributed by atoms with Gasteiger partial charge in [0.2, 0.25) is 0 Å². The Morgan fingerprint density at radius 2 is 2.06 bits per heavy atom. The van der Waals surface area contributed by atoms with Crippen molar-refractivity contribution >= 4 is 17.8 Å². The molecular formula is C13H16N4S. The number of anilines is 1. The number of hydrogen-bond donors (Lipinski definition) is 1. The Morgan fingerprint density at radius 3 is 2.72 bits per heavy atom. The molecule has 0 unspecified atom stereocenters. The van der Waals surface area contributed by atoms with Crippen LogP contribution >= 0.6 is 11.9 Å². The van der Waals surface area contributed by atoms with Crippen molar-refractivity contribution in [1.29, 1.82) is 0 Å². The standard InChI is InChI=1S/C13H16N4S/c1-9-13(14)15-8-12(16-9)10-5-4-6-11(7-10)18-17(2)3/h4-8H,1-3H3,(H2,14,15). The number of rotatable bonds is 3. The summed E-state index contributed by atoms with van der Waals surface area (Å²) in [6, 6.07) is 8.23. The predicted octanol–water partition coefficient (Wildman–Crippen LogP) is 2.60. The summed E-state index contributed by atoms with van der Waals surface area (Å²) in [5.41, 5.74) is 8.34. The van der Waals surface area contributed by atoms with Gasteiger partial charge in [-0.25, -0.2) is 9.97 Å². The van der Waals surface area contributed by atoms with E-state index in [1.807, 2.05) is 33.2 Å². The fraction of sp³-hybridized carbons (Fsp3) is 0.231. The van der Waals surface area contributed by atoms with Crippen molar-refractivity contribution in [2.75, 3.05) is 19.8 Å². The monoisotopic (exact) mass is 260 g/mol. The molecule has 0 spiro atoms. The molecule has 2 aromatic rings. The predicted molar refractivity (Wildman–Crippen MR) is 76.2 cm³/mol. The molecule has 4 nitrogen and oxygen atoms in total. The van der Waals surface area contributed by atoms with E-state index in [-0.39, 0.29) is 0 Å². The van der Waals surface area contributed by atoms with Gasteiger partial charge in [0.15, 0.2) is 0 Å². The minimum atomic E-state index is 0.484. The van der Waals surface area contributed by atoms with Crippen molar-refractivity contribution in [3.63, 3.8) is 0 Å². The minimum absolute atomic E-state index is 0.484. The van der Waals surface area contributed by atoms with Crippen molar-refractivity contribution in [2.24, 2.45) is 0 Å². The molecule has 1 aromatic carbocycles. The van der Waals surface area contributed by atoms with Gasteiger partial charge in [-0.3, -0.25) is 4.31 Å². The quantitative estimate of drug-likeness (QED) is 0.860. The third kappa shape index (κ3) is 3.00. The maximum atomic E-state index is 5.68. The van der Waals surface area contributed by atoms with Gasteiger partial charge in [0.25, 0.3) is 0 Å². The highest BCUT2D eigenvalue weighted by Gasteiger charge is 2.05. The molecule has 2 N–H and O–H groups in total. The fourth-order valence-electron chi connectivity index (χ4n) is 1.55. The van der Waals surface area contributed by atoms with Crippen LogP contribution in [0.15, 0.2) is 35.4 Å². The molecule has 0 saturated carbocycles. The van der Waals surface area contributed by atoms with Gasteiger partial charge in [0.05, 0.1) is 17.6 Å². The van der Waals surface area contributed by atoms with Crippen molar-refractivity contribution in [2.45, 2.75) is 11.8 Å². The van der Waals surface area contributed by atoms with E-state index in [4.69, 9.17) is 5.73 Å². The van der Waals surface area contributed by atoms with Crippen LogP contribution in [-0.4, -0.2) is 28.4 Å². The molecule has 0 amide bonds. The van der Waals surface area contributed by atoms with Gasteiger partial charge in [-0.05, 0) is 45.1 Å². The molecule has 0 aliphatic carbocycles. The molecule has 0 fully saturated rings. The van der Waals surface area contributed by atoms with Crippen LogP contribution in [0.5, 0.6) is 0 Å². The molecule has 94 valence electrons. The summed E-state index contributed by atoms with van der Waals surface area (Å²) in [5, 5.41) is 0. The Bertz CT molecular complexity index is 554. The minimum Gasteiger partial charge on any atom is -0.382 e. The number of nitrogen functional groups attached to an aromatic ring is 1. The number of nitrogens with two attached hydrogens (primary N) is 1. The van der Waals surface area contributed by atoms with Gasteiger partial charge >= 0.3 is 0 Å². The molecule has 1 aromatic heterocycles. The lowest BCUT2D eigenvalue weighted by Gasteiger charge is -2.10. The second-order valence-corrected chi connectivity index (χ2v) is 5.54. The van der Waals surface area contributed by atoms with Crippen molar-refractivity contribution < 1.29 is 0 Å². The summed E-state index contributed by atoms with van der Waals surface area (Å²) in [6.07, 6.45) is 1.71. The first-order chi connectivity index (χ1) is 8.56. The molecule has 5 heteroatoms. The second-order valence-electron chi connectivity index (χ2n) is 4.16.